The third-order valence-corrected chi connectivity index (χ3v) is 6.06. The lowest BCUT2D eigenvalue weighted by Gasteiger charge is -2.18. The number of nitrogens with zero attached hydrogens (tertiary/aromatic N) is 2. The van der Waals surface area contributed by atoms with Crippen molar-refractivity contribution in [1.82, 2.24) is 10.2 Å². The lowest BCUT2D eigenvalue weighted by molar-refractivity contribution is -0.131. The van der Waals surface area contributed by atoms with Crippen molar-refractivity contribution in [3.8, 4) is 6.07 Å². The van der Waals surface area contributed by atoms with Crippen molar-refractivity contribution in [2.24, 2.45) is 5.92 Å². The maximum absolute atomic E-state index is 14.4. The van der Waals surface area contributed by atoms with E-state index in [-0.39, 0.29) is 11.5 Å². The number of nitriles is 1. The molecule has 172 valence electrons. The van der Waals surface area contributed by atoms with Gasteiger partial charge < -0.3 is 5.11 Å². The molecule has 4 aromatic rings. The van der Waals surface area contributed by atoms with Crippen LogP contribution in [0.4, 0.5) is 8.78 Å². The molecule has 0 bridgehead atoms. The fourth-order valence-electron chi connectivity index (χ4n) is 4.32. The average Bonchev–Trinajstić information content (AvgIpc) is 3.64. The molecule has 3 aromatic carbocycles. The number of H-pyrrole nitrogens is 1. The number of carboxylic acids is 1. The van der Waals surface area contributed by atoms with E-state index >= 15 is 0 Å². The number of benzene rings is 3. The Balaban J connectivity index is 1.77. The van der Waals surface area contributed by atoms with Crippen LogP contribution in [-0.4, -0.2) is 21.3 Å². The summed E-state index contributed by atoms with van der Waals surface area (Å²) in [5.74, 6) is -1.90. The van der Waals surface area contributed by atoms with E-state index in [2.05, 4.69) is 16.3 Å². The highest BCUT2D eigenvalue weighted by Gasteiger charge is 2.32. The standard InChI is InChI=1S/C28H19F2N3O2/c29-21-9-10-22(20(13-21)15-31)27(18-6-7-18)26(17-4-1-16(2-5-17)3-12-25(34)35)19-8-11-24-23(14-19)28(30)33-32-24/h1-5,8-14,18H,6-7H2,(H,32,33)(H,34,35)/b12-3+,27-26+. The minimum absolute atomic E-state index is 0.166. The SMILES string of the molecule is N#Cc1cc(F)ccc1/C(=C(\c1ccc(/C=C/C(=O)O)cc1)c1ccc2n[nH]c(F)c2c1)C1CC1. The number of carboxylic acid groups (broad SMARTS) is 1. The molecule has 5 nitrogen and oxygen atoms in total. The second-order valence-electron chi connectivity index (χ2n) is 8.43. The quantitative estimate of drug-likeness (QED) is 0.262. The van der Waals surface area contributed by atoms with Crippen molar-refractivity contribution in [1.29, 1.82) is 5.26 Å². The normalized spacial score (nSPS) is 14.2. The van der Waals surface area contributed by atoms with Crippen molar-refractivity contribution < 1.29 is 18.7 Å². The molecule has 0 saturated heterocycles. The molecule has 1 aliphatic rings. The number of nitrogens with one attached hydrogen (secondary N) is 1. The van der Waals surface area contributed by atoms with E-state index in [1.165, 1.54) is 18.2 Å². The maximum Gasteiger partial charge on any atom is 0.328 e. The lowest BCUT2D eigenvalue weighted by Crippen LogP contribution is -2.00. The number of allylic oxidation sites excluding steroid dienone is 1. The van der Waals surface area contributed by atoms with Gasteiger partial charge in [-0.05, 0) is 82.5 Å². The number of hydrogen-bond donors (Lipinski definition) is 2. The summed E-state index contributed by atoms with van der Waals surface area (Å²) in [7, 11) is 0. The maximum atomic E-state index is 14.4. The van der Waals surface area contributed by atoms with E-state index in [9.17, 15) is 18.8 Å². The number of aromatic amines is 1. The van der Waals surface area contributed by atoms with Gasteiger partial charge >= 0.3 is 5.97 Å². The fraction of sp³-hybridized carbons (Fsp3) is 0.107. The third kappa shape index (κ3) is 4.46. The Morgan fingerprint density at radius 2 is 1.80 bits per heavy atom. The van der Waals surface area contributed by atoms with Crippen LogP contribution in [0, 0.1) is 29.0 Å². The molecule has 1 aromatic heterocycles. The molecule has 0 amide bonds. The molecule has 1 saturated carbocycles. The first-order chi connectivity index (χ1) is 16.9. The predicted molar refractivity (Wildman–Crippen MR) is 129 cm³/mol. The van der Waals surface area contributed by atoms with E-state index in [1.807, 2.05) is 18.2 Å². The highest BCUT2D eigenvalue weighted by Crippen LogP contribution is 2.48. The molecule has 0 atom stereocenters. The van der Waals surface area contributed by atoms with Gasteiger partial charge in [0.25, 0.3) is 0 Å². The van der Waals surface area contributed by atoms with Gasteiger partial charge in [0.1, 0.15) is 5.82 Å². The first-order valence-electron chi connectivity index (χ1n) is 11.0. The summed E-state index contributed by atoms with van der Waals surface area (Å²) < 4.78 is 28.3. The molecule has 1 heterocycles. The van der Waals surface area contributed by atoms with E-state index in [0.717, 1.165) is 41.2 Å². The van der Waals surface area contributed by atoms with Crippen LogP contribution in [0.1, 0.15) is 40.7 Å². The van der Waals surface area contributed by atoms with Gasteiger partial charge in [0.05, 0.1) is 22.5 Å². The molecule has 5 rings (SSSR count). The Bertz CT molecular complexity index is 1560. The Labute approximate surface area is 199 Å². The van der Waals surface area contributed by atoms with Gasteiger partial charge in [-0.3, -0.25) is 5.10 Å². The van der Waals surface area contributed by atoms with Crippen molar-refractivity contribution >= 4 is 34.1 Å². The highest BCUT2D eigenvalue weighted by atomic mass is 19.1. The van der Waals surface area contributed by atoms with Gasteiger partial charge in [0.15, 0.2) is 0 Å². The Kier molecular flexibility index (Phi) is 5.71. The summed E-state index contributed by atoms with van der Waals surface area (Å²) in [5.41, 5.74) is 5.35. The van der Waals surface area contributed by atoms with Crippen LogP contribution >= 0.6 is 0 Å². The van der Waals surface area contributed by atoms with Crippen LogP contribution in [0.15, 0.2) is 66.7 Å². The number of aromatic nitrogens is 2. The van der Waals surface area contributed by atoms with Gasteiger partial charge in [-0.2, -0.15) is 14.8 Å². The van der Waals surface area contributed by atoms with E-state index in [4.69, 9.17) is 5.11 Å². The second kappa shape index (κ2) is 8.99. The molecule has 7 heteroatoms. The zero-order valence-electron chi connectivity index (χ0n) is 18.4. The summed E-state index contributed by atoms with van der Waals surface area (Å²) in [5, 5.41) is 25.3. The summed E-state index contributed by atoms with van der Waals surface area (Å²) >= 11 is 0. The van der Waals surface area contributed by atoms with Crippen LogP contribution in [-0.2, 0) is 4.79 Å². The summed E-state index contributed by atoms with van der Waals surface area (Å²) in [6.45, 7) is 0. The lowest BCUT2D eigenvalue weighted by atomic mass is 9.85. The van der Waals surface area contributed by atoms with Crippen LogP contribution < -0.4 is 0 Å². The summed E-state index contributed by atoms with van der Waals surface area (Å²) in [4.78, 5) is 10.9. The van der Waals surface area contributed by atoms with Crippen LogP contribution in [0.3, 0.4) is 0 Å². The van der Waals surface area contributed by atoms with Gasteiger partial charge in [0, 0.05) is 6.08 Å². The van der Waals surface area contributed by atoms with Crippen LogP contribution in [0.2, 0.25) is 0 Å². The Hall–Kier alpha value is -4.57. The van der Waals surface area contributed by atoms with Crippen LogP contribution in [0.5, 0.6) is 0 Å². The molecular formula is C28H19F2N3O2. The third-order valence-electron chi connectivity index (χ3n) is 6.06. The smallest absolute Gasteiger partial charge is 0.328 e. The van der Waals surface area contributed by atoms with Crippen molar-refractivity contribution in [3.63, 3.8) is 0 Å². The van der Waals surface area contributed by atoms with Gasteiger partial charge in [-0.1, -0.05) is 36.4 Å². The number of carbonyl (C=O) groups is 1. The number of halogens is 2. The molecule has 1 aliphatic carbocycles. The number of rotatable bonds is 6. The van der Waals surface area contributed by atoms with Crippen molar-refractivity contribution in [3.05, 3.63) is 106 Å². The van der Waals surface area contributed by atoms with Crippen molar-refractivity contribution in [2.75, 3.05) is 0 Å². The summed E-state index contributed by atoms with van der Waals surface area (Å²) in [6, 6.07) is 18.9. The minimum atomic E-state index is -1.04. The summed E-state index contributed by atoms with van der Waals surface area (Å²) in [6.07, 6.45) is 4.40. The van der Waals surface area contributed by atoms with Gasteiger partial charge in [-0.15, -0.1) is 0 Å². The number of aliphatic carboxylic acids is 1. The first kappa shape index (κ1) is 22.2. The molecular weight excluding hydrogens is 448 g/mol. The van der Waals surface area contributed by atoms with Crippen molar-refractivity contribution in [2.45, 2.75) is 12.8 Å². The highest BCUT2D eigenvalue weighted by molar-refractivity contribution is 6.02. The van der Waals surface area contributed by atoms with E-state index in [0.29, 0.717) is 22.0 Å². The zero-order chi connectivity index (χ0) is 24.5. The second-order valence-corrected chi connectivity index (χ2v) is 8.43. The average molecular weight is 467 g/mol. The number of hydrogen-bond acceptors (Lipinski definition) is 3. The van der Waals surface area contributed by atoms with Gasteiger partial charge in [-0.25, -0.2) is 9.18 Å². The molecule has 1 fully saturated rings. The topological polar surface area (TPSA) is 89.8 Å². The predicted octanol–water partition coefficient (Wildman–Crippen LogP) is 6.18. The molecule has 2 N–H and O–H groups in total. The largest absolute Gasteiger partial charge is 0.478 e. The van der Waals surface area contributed by atoms with Gasteiger partial charge in [0.2, 0.25) is 5.95 Å². The Morgan fingerprint density at radius 1 is 1.06 bits per heavy atom. The molecule has 0 aliphatic heterocycles. The van der Waals surface area contributed by atoms with E-state index < -0.39 is 17.7 Å². The first-order valence-corrected chi connectivity index (χ1v) is 11.0. The van der Waals surface area contributed by atoms with Crippen LogP contribution in [0.25, 0.3) is 28.1 Å². The van der Waals surface area contributed by atoms with E-state index in [1.54, 1.807) is 30.3 Å². The minimum Gasteiger partial charge on any atom is -0.478 e. The monoisotopic (exact) mass is 467 g/mol. The molecule has 35 heavy (non-hydrogen) atoms. The Morgan fingerprint density at radius 3 is 2.49 bits per heavy atom. The molecule has 0 radical (unpaired) electrons. The molecule has 0 spiro atoms. The molecule has 0 unspecified atom stereocenters. The number of fused-ring (bicyclic) bond motifs is 1. The fourth-order valence-corrected chi connectivity index (χ4v) is 4.32. The zero-order valence-corrected chi connectivity index (χ0v) is 18.4.